The number of piperidine rings is 1. The van der Waals surface area contributed by atoms with Gasteiger partial charge in [-0.3, -0.25) is 15.0 Å². The molecule has 1 fully saturated rings. The van der Waals surface area contributed by atoms with Gasteiger partial charge in [0, 0.05) is 71.2 Å². The lowest BCUT2D eigenvalue weighted by atomic mass is 10.0. The first-order chi connectivity index (χ1) is 21.6. The van der Waals surface area contributed by atoms with Crippen LogP contribution in [0.1, 0.15) is 28.8 Å². The van der Waals surface area contributed by atoms with Crippen LogP contribution in [0, 0.1) is 0 Å². The highest BCUT2D eigenvalue weighted by Gasteiger charge is 2.22. The van der Waals surface area contributed by atoms with E-state index in [4.69, 9.17) is 14.2 Å². The largest absolute Gasteiger partial charge is 0.446 e. The smallest absolute Gasteiger partial charge is 0.411 e. The van der Waals surface area contributed by atoms with Crippen molar-refractivity contribution in [3.05, 3.63) is 90.0 Å². The maximum atomic E-state index is 12.7. The Balaban J connectivity index is 1.12. The Morgan fingerprint density at radius 3 is 2.20 bits per heavy atom. The fourth-order valence-electron chi connectivity index (χ4n) is 5.31. The Hall–Kier alpha value is -3.60. The number of methoxy groups -OCH3 is 2. The molecule has 0 aromatic heterocycles. The molecule has 2 N–H and O–H groups in total. The number of Topliss-reactive ketones (excluding diaryl/α,β-unsaturated/α-hetero) is 1. The average Bonchev–Trinajstić information content (AvgIpc) is 3.06. The minimum Gasteiger partial charge on any atom is -0.446 e. The Morgan fingerprint density at radius 2 is 1.52 bits per heavy atom. The molecule has 3 aromatic rings. The predicted octanol–water partition coefficient (Wildman–Crippen LogP) is 4.93. The number of para-hydroxylation sites is 1. The summed E-state index contributed by atoms with van der Waals surface area (Å²) in [5.74, 6) is 0.0825. The summed E-state index contributed by atoms with van der Waals surface area (Å²) in [6, 6.07) is 25.6. The molecule has 1 saturated heterocycles. The minimum absolute atomic E-state index is 0.0825. The van der Waals surface area contributed by atoms with Crippen LogP contribution >= 0.6 is 0 Å². The van der Waals surface area contributed by atoms with Gasteiger partial charge in [0.05, 0.1) is 25.4 Å². The van der Waals surface area contributed by atoms with E-state index in [1.54, 1.807) is 14.2 Å². The molecule has 9 heteroatoms. The molecule has 1 aliphatic heterocycles. The molecule has 4 rings (SSSR count). The predicted molar refractivity (Wildman–Crippen MR) is 174 cm³/mol. The zero-order valence-electron chi connectivity index (χ0n) is 26.0. The zero-order chi connectivity index (χ0) is 31.0. The van der Waals surface area contributed by atoms with Gasteiger partial charge in [0.15, 0.2) is 5.78 Å². The molecule has 0 saturated carbocycles. The van der Waals surface area contributed by atoms with E-state index in [1.807, 2.05) is 78.9 Å². The molecular formula is C35H46N4O5. The average molecular weight is 603 g/mol. The van der Waals surface area contributed by atoms with Crippen molar-refractivity contribution in [2.45, 2.75) is 25.5 Å². The van der Waals surface area contributed by atoms with Crippen LogP contribution in [0.5, 0.6) is 0 Å². The van der Waals surface area contributed by atoms with Crippen molar-refractivity contribution in [1.82, 2.24) is 15.1 Å². The van der Waals surface area contributed by atoms with Crippen molar-refractivity contribution in [1.29, 1.82) is 0 Å². The lowest BCUT2D eigenvalue weighted by molar-refractivity contribution is 0.0593. The van der Waals surface area contributed by atoms with Crippen LogP contribution in [-0.2, 0) is 20.8 Å². The number of ketones is 1. The summed E-state index contributed by atoms with van der Waals surface area (Å²) in [7, 11) is 3.41. The second-order valence-electron chi connectivity index (χ2n) is 11.0. The van der Waals surface area contributed by atoms with Crippen LogP contribution in [0.25, 0.3) is 11.1 Å². The van der Waals surface area contributed by atoms with E-state index in [2.05, 4.69) is 20.4 Å². The first-order valence-electron chi connectivity index (χ1n) is 15.4. The van der Waals surface area contributed by atoms with Crippen molar-refractivity contribution in [2.24, 2.45) is 0 Å². The van der Waals surface area contributed by atoms with E-state index >= 15 is 0 Å². The summed E-state index contributed by atoms with van der Waals surface area (Å²) < 4.78 is 16.2. The molecule has 0 spiro atoms. The van der Waals surface area contributed by atoms with Gasteiger partial charge in [0.2, 0.25) is 0 Å². The molecule has 1 heterocycles. The molecule has 3 aromatic carbocycles. The number of ether oxygens (including phenoxy) is 3. The van der Waals surface area contributed by atoms with Crippen molar-refractivity contribution in [2.75, 3.05) is 78.6 Å². The van der Waals surface area contributed by atoms with E-state index in [0.29, 0.717) is 25.3 Å². The first kappa shape index (κ1) is 33.3. The molecule has 0 aliphatic carbocycles. The third-order valence-corrected chi connectivity index (χ3v) is 7.85. The summed E-state index contributed by atoms with van der Waals surface area (Å²) in [4.78, 5) is 30.0. The van der Waals surface area contributed by atoms with Crippen LogP contribution in [0.3, 0.4) is 0 Å². The summed E-state index contributed by atoms with van der Waals surface area (Å²) in [5, 5.41) is 6.22. The molecule has 0 atom stereocenters. The monoisotopic (exact) mass is 602 g/mol. The third kappa shape index (κ3) is 10.8. The Bertz CT molecular complexity index is 1270. The molecule has 0 radical (unpaired) electrons. The molecule has 236 valence electrons. The topological polar surface area (TPSA) is 92.4 Å². The molecular weight excluding hydrogens is 556 g/mol. The second-order valence-corrected chi connectivity index (χ2v) is 11.0. The number of nitrogens with zero attached hydrogens (tertiary/aromatic N) is 2. The van der Waals surface area contributed by atoms with Gasteiger partial charge in [-0.05, 0) is 30.0 Å². The standard InChI is InChI=1S/C35H46N4O5/c1-42-24-22-39(23-25-43-2)27-28-12-14-30(15-13-28)34(40)26-36-18-21-38-19-16-31(17-20-38)44-35(41)37-33-11-7-6-10-32(33)29-8-4-3-5-9-29/h3-15,31,36H,16-27H2,1-2H3,(H,37,41). The summed E-state index contributed by atoms with van der Waals surface area (Å²) >= 11 is 0. The second kappa shape index (κ2) is 18.3. The number of anilines is 1. The number of nitrogens with one attached hydrogen (secondary N) is 2. The number of carbonyl (C=O) groups is 2. The van der Waals surface area contributed by atoms with E-state index in [9.17, 15) is 9.59 Å². The van der Waals surface area contributed by atoms with Gasteiger partial charge >= 0.3 is 6.09 Å². The molecule has 44 heavy (non-hydrogen) atoms. The Morgan fingerprint density at radius 1 is 0.864 bits per heavy atom. The lowest BCUT2D eigenvalue weighted by Gasteiger charge is -2.31. The highest BCUT2D eigenvalue weighted by Crippen LogP contribution is 2.28. The van der Waals surface area contributed by atoms with Gasteiger partial charge in [0.1, 0.15) is 6.10 Å². The number of rotatable bonds is 17. The summed E-state index contributed by atoms with van der Waals surface area (Å²) in [6.45, 7) is 7.34. The quantitative estimate of drug-likeness (QED) is 0.166. The molecule has 1 aliphatic rings. The van der Waals surface area contributed by atoms with Gasteiger partial charge < -0.3 is 24.4 Å². The molecule has 9 nitrogen and oxygen atoms in total. The van der Waals surface area contributed by atoms with E-state index in [1.165, 1.54) is 0 Å². The van der Waals surface area contributed by atoms with Crippen LogP contribution in [-0.4, -0.2) is 101 Å². The van der Waals surface area contributed by atoms with E-state index in [-0.39, 0.29) is 11.9 Å². The van der Waals surface area contributed by atoms with Gasteiger partial charge in [-0.1, -0.05) is 72.8 Å². The van der Waals surface area contributed by atoms with E-state index in [0.717, 1.165) is 81.0 Å². The van der Waals surface area contributed by atoms with Gasteiger partial charge in [-0.2, -0.15) is 0 Å². The van der Waals surface area contributed by atoms with E-state index < -0.39 is 6.09 Å². The number of amides is 1. The Labute approximate surface area is 261 Å². The fraction of sp³-hybridized carbons (Fsp3) is 0.429. The highest BCUT2D eigenvalue weighted by atomic mass is 16.6. The van der Waals surface area contributed by atoms with Crippen molar-refractivity contribution >= 4 is 17.6 Å². The van der Waals surface area contributed by atoms with Crippen LogP contribution in [0.4, 0.5) is 10.5 Å². The van der Waals surface area contributed by atoms with Crippen molar-refractivity contribution in [3.8, 4) is 11.1 Å². The molecule has 0 bridgehead atoms. The number of hydrogen-bond acceptors (Lipinski definition) is 8. The summed E-state index contributed by atoms with van der Waals surface area (Å²) in [5.41, 5.74) is 4.61. The normalized spacial score (nSPS) is 14.1. The maximum Gasteiger partial charge on any atom is 0.411 e. The van der Waals surface area contributed by atoms with Crippen LogP contribution in [0.15, 0.2) is 78.9 Å². The molecule has 0 unspecified atom stereocenters. The van der Waals surface area contributed by atoms with Gasteiger partial charge in [-0.25, -0.2) is 4.79 Å². The number of carbonyl (C=O) groups excluding carboxylic acids is 2. The van der Waals surface area contributed by atoms with Crippen molar-refractivity contribution < 1.29 is 23.8 Å². The fourth-order valence-corrected chi connectivity index (χ4v) is 5.31. The van der Waals surface area contributed by atoms with Crippen molar-refractivity contribution in [3.63, 3.8) is 0 Å². The third-order valence-electron chi connectivity index (χ3n) is 7.85. The first-order valence-corrected chi connectivity index (χ1v) is 15.4. The maximum absolute atomic E-state index is 12.7. The van der Waals surface area contributed by atoms with Crippen LogP contribution < -0.4 is 10.6 Å². The van der Waals surface area contributed by atoms with Gasteiger partial charge in [0.25, 0.3) is 0 Å². The lowest BCUT2D eigenvalue weighted by Crippen LogP contribution is -2.42. The number of hydrogen-bond donors (Lipinski definition) is 2. The molecule has 1 amide bonds. The highest BCUT2D eigenvalue weighted by molar-refractivity contribution is 5.97. The van der Waals surface area contributed by atoms with Gasteiger partial charge in [-0.15, -0.1) is 0 Å². The van der Waals surface area contributed by atoms with Crippen LogP contribution in [0.2, 0.25) is 0 Å². The minimum atomic E-state index is -0.422. The number of likely N-dealkylation sites (tertiary alicyclic amines) is 1. The number of benzene rings is 3. The Kier molecular flexibility index (Phi) is 13.8. The summed E-state index contributed by atoms with van der Waals surface area (Å²) in [6.07, 6.45) is 1.04. The zero-order valence-corrected chi connectivity index (χ0v) is 26.0. The SMILES string of the molecule is COCCN(CCOC)Cc1ccc(C(=O)CNCCN2CCC(OC(=O)Nc3ccccc3-c3ccccc3)CC2)cc1.